The highest BCUT2D eigenvalue weighted by Gasteiger charge is 2.34. The lowest BCUT2D eigenvalue weighted by Crippen LogP contribution is -2.43. The third-order valence-corrected chi connectivity index (χ3v) is 3.62. The largest absolute Gasteiger partial charge is 0.340 e. The molecule has 1 aliphatic rings. The number of likely N-dealkylation sites (N-methyl/N-ethyl adjacent to an activating group) is 1. The number of aromatic nitrogens is 3. The van der Waals surface area contributed by atoms with Gasteiger partial charge in [-0.15, -0.1) is 0 Å². The number of nitrogens with zero attached hydrogens (tertiary/aromatic N) is 4. The van der Waals surface area contributed by atoms with Crippen LogP contribution in [0.4, 0.5) is 0 Å². The highest BCUT2D eigenvalue weighted by atomic mass is 15.2. The molecule has 16 heavy (non-hydrogen) atoms. The van der Waals surface area contributed by atoms with Crippen LogP contribution < -0.4 is 0 Å². The van der Waals surface area contributed by atoms with E-state index in [-0.39, 0.29) is 0 Å². The molecule has 2 atom stereocenters. The maximum atomic E-state index is 4.27. The Balaban J connectivity index is 2.00. The number of fused-ring (bicyclic) bond motifs is 1. The smallest absolute Gasteiger partial charge is 0.116 e. The molecule has 0 bridgehead atoms. The molecule has 0 N–H and O–H groups in total. The summed E-state index contributed by atoms with van der Waals surface area (Å²) in [6.07, 6.45) is 8.19. The van der Waals surface area contributed by atoms with E-state index in [1.807, 2.05) is 6.20 Å². The average Bonchev–Trinajstić information content (AvgIpc) is 2.60. The zero-order valence-electron chi connectivity index (χ0n) is 9.67. The third kappa shape index (κ3) is 1.33. The summed E-state index contributed by atoms with van der Waals surface area (Å²) in [6, 6.07) is 3.30. The zero-order chi connectivity index (χ0) is 11.1. The van der Waals surface area contributed by atoms with Crippen LogP contribution in [0.1, 0.15) is 18.9 Å². The van der Waals surface area contributed by atoms with Crippen molar-refractivity contribution in [3.05, 3.63) is 24.8 Å². The van der Waals surface area contributed by atoms with Crippen LogP contribution in [0.15, 0.2) is 24.8 Å². The molecular weight excluding hydrogens is 200 g/mol. The van der Waals surface area contributed by atoms with Gasteiger partial charge in [-0.1, -0.05) is 0 Å². The van der Waals surface area contributed by atoms with Crippen molar-refractivity contribution in [3.63, 3.8) is 0 Å². The van der Waals surface area contributed by atoms with E-state index in [2.05, 4.69) is 45.8 Å². The van der Waals surface area contributed by atoms with Gasteiger partial charge in [0.2, 0.25) is 0 Å². The van der Waals surface area contributed by atoms with Crippen LogP contribution in [0.5, 0.6) is 0 Å². The second kappa shape index (κ2) is 3.56. The molecule has 0 radical (unpaired) electrons. The Morgan fingerprint density at radius 2 is 2.25 bits per heavy atom. The molecule has 0 aromatic carbocycles. The van der Waals surface area contributed by atoms with Crippen molar-refractivity contribution in [2.24, 2.45) is 0 Å². The Labute approximate surface area is 94.9 Å². The molecule has 1 saturated carbocycles. The molecule has 2 aromatic rings. The van der Waals surface area contributed by atoms with Crippen molar-refractivity contribution in [1.82, 2.24) is 19.4 Å². The number of rotatable bonds is 2. The first-order valence-corrected chi connectivity index (χ1v) is 5.70. The highest BCUT2D eigenvalue weighted by Crippen LogP contribution is 2.37. The second-order valence-electron chi connectivity index (χ2n) is 4.69. The normalized spacial score (nSPS) is 24.9. The van der Waals surface area contributed by atoms with Gasteiger partial charge in [0, 0.05) is 18.3 Å². The van der Waals surface area contributed by atoms with Crippen LogP contribution in [-0.4, -0.2) is 39.6 Å². The SMILES string of the molecule is CN(C)C1CCC1n1ccc2ncncc21. The summed E-state index contributed by atoms with van der Waals surface area (Å²) >= 11 is 0. The highest BCUT2D eigenvalue weighted by molar-refractivity contribution is 5.74. The van der Waals surface area contributed by atoms with E-state index in [4.69, 9.17) is 0 Å². The number of hydrogen-bond donors (Lipinski definition) is 0. The van der Waals surface area contributed by atoms with Crippen LogP contribution in [-0.2, 0) is 0 Å². The predicted octanol–water partition coefficient (Wildman–Crippen LogP) is 1.70. The van der Waals surface area contributed by atoms with Crippen molar-refractivity contribution in [2.45, 2.75) is 24.9 Å². The summed E-state index contributed by atoms with van der Waals surface area (Å²) in [5.74, 6) is 0. The van der Waals surface area contributed by atoms with Crippen LogP contribution >= 0.6 is 0 Å². The molecule has 0 aliphatic heterocycles. The third-order valence-electron chi connectivity index (χ3n) is 3.62. The topological polar surface area (TPSA) is 34.0 Å². The summed E-state index contributed by atoms with van der Waals surface area (Å²) in [5, 5.41) is 0. The molecule has 2 aromatic heterocycles. The van der Waals surface area contributed by atoms with Gasteiger partial charge >= 0.3 is 0 Å². The van der Waals surface area contributed by atoms with E-state index in [1.54, 1.807) is 6.33 Å². The van der Waals surface area contributed by atoms with E-state index in [9.17, 15) is 0 Å². The lowest BCUT2D eigenvalue weighted by Gasteiger charge is -2.42. The molecule has 0 saturated heterocycles. The maximum Gasteiger partial charge on any atom is 0.116 e. The fourth-order valence-electron chi connectivity index (χ4n) is 2.57. The fraction of sp³-hybridized carbons (Fsp3) is 0.500. The minimum Gasteiger partial charge on any atom is -0.340 e. The zero-order valence-corrected chi connectivity index (χ0v) is 9.67. The molecule has 0 spiro atoms. The van der Waals surface area contributed by atoms with Crippen molar-refractivity contribution in [2.75, 3.05) is 14.1 Å². The van der Waals surface area contributed by atoms with Gasteiger partial charge in [-0.25, -0.2) is 9.97 Å². The minimum atomic E-state index is 0.582. The Kier molecular flexibility index (Phi) is 2.17. The molecule has 2 unspecified atom stereocenters. The summed E-state index contributed by atoms with van der Waals surface area (Å²) < 4.78 is 2.32. The van der Waals surface area contributed by atoms with Gasteiger partial charge in [-0.2, -0.15) is 0 Å². The lowest BCUT2D eigenvalue weighted by molar-refractivity contribution is 0.116. The molecule has 0 amide bonds. The standard InChI is InChI=1S/C12H16N4/c1-15(2)10-3-4-11(10)16-6-5-9-12(16)7-13-8-14-9/h5-8,10-11H,3-4H2,1-2H3. The molecule has 1 fully saturated rings. The van der Waals surface area contributed by atoms with E-state index >= 15 is 0 Å². The van der Waals surface area contributed by atoms with Crippen molar-refractivity contribution in [1.29, 1.82) is 0 Å². The van der Waals surface area contributed by atoms with E-state index in [0.717, 1.165) is 11.0 Å². The van der Waals surface area contributed by atoms with Gasteiger partial charge in [0.05, 0.1) is 17.2 Å². The van der Waals surface area contributed by atoms with Gasteiger partial charge in [0.1, 0.15) is 6.33 Å². The first-order chi connectivity index (χ1) is 7.77. The molecule has 4 nitrogen and oxygen atoms in total. The van der Waals surface area contributed by atoms with E-state index in [0.29, 0.717) is 12.1 Å². The monoisotopic (exact) mass is 216 g/mol. The van der Waals surface area contributed by atoms with Gasteiger partial charge in [-0.3, -0.25) is 0 Å². The van der Waals surface area contributed by atoms with Crippen LogP contribution in [0.3, 0.4) is 0 Å². The Hall–Kier alpha value is -1.42. The van der Waals surface area contributed by atoms with Crippen LogP contribution in [0.25, 0.3) is 11.0 Å². The average molecular weight is 216 g/mol. The molecule has 84 valence electrons. The van der Waals surface area contributed by atoms with Gasteiger partial charge in [0.15, 0.2) is 0 Å². The predicted molar refractivity (Wildman–Crippen MR) is 63.3 cm³/mol. The molecule has 3 rings (SSSR count). The molecular formula is C12H16N4. The maximum absolute atomic E-state index is 4.27. The van der Waals surface area contributed by atoms with Crippen LogP contribution in [0.2, 0.25) is 0 Å². The van der Waals surface area contributed by atoms with Gasteiger partial charge in [-0.05, 0) is 33.0 Å². The van der Waals surface area contributed by atoms with Gasteiger partial charge < -0.3 is 9.47 Å². The van der Waals surface area contributed by atoms with E-state index < -0.39 is 0 Å². The summed E-state index contributed by atoms with van der Waals surface area (Å²) in [5.41, 5.74) is 2.19. The van der Waals surface area contributed by atoms with Crippen LogP contribution in [0, 0.1) is 0 Å². The molecule has 2 heterocycles. The van der Waals surface area contributed by atoms with Crippen molar-refractivity contribution < 1.29 is 0 Å². The Morgan fingerprint density at radius 1 is 1.38 bits per heavy atom. The first kappa shape index (κ1) is 9.78. The van der Waals surface area contributed by atoms with Crippen molar-refractivity contribution in [3.8, 4) is 0 Å². The number of hydrogen-bond acceptors (Lipinski definition) is 3. The first-order valence-electron chi connectivity index (χ1n) is 5.70. The van der Waals surface area contributed by atoms with Gasteiger partial charge in [0.25, 0.3) is 0 Å². The summed E-state index contributed by atoms with van der Waals surface area (Å²) in [6.45, 7) is 0. The Morgan fingerprint density at radius 3 is 2.94 bits per heavy atom. The summed E-state index contributed by atoms with van der Waals surface area (Å²) in [7, 11) is 4.30. The molecule has 1 aliphatic carbocycles. The Bertz CT molecular complexity index is 502. The quantitative estimate of drug-likeness (QED) is 0.766. The van der Waals surface area contributed by atoms with E-state index in [1.165, 1.54) is 12.8 Å². The van der Waals surface area contributed by atoms with Crippen molar-refractivity contribution >= 4 is 11.0 Å². The fourth-order valence-corrected chi connectivity index (χ4v) is 2.57. The lowest BCUT2D eigenvalue weighted by atomic mass is 9.85. The summed E-state index contributed by atoms with van der Waals surface area (Å²) in [4.78, 5) is 10.7. The second-order valence-corrected chi connectivity index (χ2v) is 4.69. The minimum absolute atomic E-state index is 0.582. The molecule has 4 heteroatoms.